The summed E-state index contributed by atoms with van der Waals surface area (Å²) in [6, 6.07) is 0. The number of carbonyl (C=O) groups excluding carboxylic acids is 2. The highest BCUT2D eigenvalue weighted by atomic mass is 16.5. The molecule has 0 aromatic rings. The fraction of sp³-hybridized carbons (Fsp3) is 0.800. The van der Waals surface area contributed by atoms with E-state index in [2.05, 4.69) is 9.64 Å². The van der Waals surface area contributed by atoms with E-state index in [4.69, 9.17) is 5.73 Å². The summed E-state index contributed by atoms with van der Waals surface area (Å²) in [5, 5.41) is 0. The second-order valence-corrected chi connectivity index (χ2v) is 4.07. The van der Waals surface area contributed by atoms with Crippen LogP contribution in [0.15, 0.2) is 0 Å². The molecule has 1 aliphatic heterocycles. The molecular weight excluding hydrogens is 196 g/mol. The number of amides is 1. The van der Waals surface area contributed by atoms with Crippen LogP contribution < -0.4 is 5.73 Å². The van der Waals surface area contributed by atoms with Gasteiger partial charge in [0.05, 0.1) is 18.9 Å². The molecular formula is C10H18N2O3. The van der Waals surface area contributed by atoms with Gasteiger partial charge in [-0.3, -0.25) is 9.59 Å². The monoisotopic (exact) mass is 214 g/mol. The van der Waals surface area contributed by atoms with Gasteiger partial charge in [0, 0.05) is 13.1 Å². The highest BCUT2D eigenvalue weighted by Gasteiger charge is 2.28. The van der Waals surface area contributed by atoms with E-state index in [0.717, 1.165) is 13.0 Å². The number of nitrogens with two attached hydrogens (primary N) is 1. The van der Waals surface area contributed by atoms with E-state index in [0.29, 0.717) is 13.1 Å². The van der Waals surface area contributed by atoms with Gasteiger partial charge in [0.25, 0.3) is 0 Å². The highest BCUT2D eigenvalue weighted by molar-refractivity contribution is 5.77. The lowest BCUT2D eigenvalue weighted by atomic mass is 10.1. The number of carbonyl (C=O) groups is 2. The maximum absolute atomic E-state index is 11.2. The Morgan fingerprint density at radius 2 is 2.27 bits per heavy atom. The minimum Gasteiger partial charge on any atom is -0.469 e. The molecule has 1 amide bonds. The molecule has 0 aliphatic carbocycles. The Morgan fingerprint density at radius 1 is 1.60 bits per heavy atom. The zero-order valence-corrected chi connectivity index (χ0v) is 9.23. The van der Waals surface area contributed by atoms with Crippen LogP contribution in [0.1, 0.15) is 13.3 Å². The molecule has 5 nitrogen and oxygen atoms in total. The van der Waals surface area contributed by atoms with Crippen LogP contribution in [0.2, 0.25) is 0 Å². The molecule has 0 aromatic carbocycles. The van der Waals surface area contributed by atoms with Crippen molar-refractivity contribution >= 4 is 11.9 Å². The lowest BCUT2D eigenvalue weighted by Crippen LogP contribution is -2.32. The van der Waals surface area contributed by atoms with Gasteiger partial charge < -0.3 is 15.4 Å². The van der Waals surface area contributed by atoms with Gasteiger partial charge in [0.2, 0.25) is 5.91 Å². The van der Waals surface area contributed by atoms with E-state index in [1.54, 1.807) is 0 Å². The number of hydrogen-bond donors (Lipinski definition) is 1. The molecule has 2 N–H and O–H groups in total. The Morgan fingerprint density at radius 3 is 2.73 bits per heavy atom. The lowest BCUT2D eigenvalue weighted by Gasteiger charge is -2.18. The standard InChI is InChI=1S/C10H18N2O3/c1-7(10(14)15-2)5-12-4-3-8(6-12)9(11)13/h7-8H,3-6H2,1-2H3,(H2,11,13). The summed E-state index contributed by atoms with van der Waals surface area (Å²) >= 11 is 0. The summed E-state index contributed by atoms with van der Waals surface area (Å²) < 4.78 is 4.64. The van der Waals surface area contributed by atoms with Crippen LogP contribution in [0.3, 0.4) is 0 Å². The van der Waals surface area contributed by atoms with Crippen LogP contribution in [0.4, 0.5) is 0 Å². The maximum Gasteiger partial charge on any atom is 0.309 e. The van der Waals surface area contributed by atoms with Crippen molar-refractivity contribution in [1.29, 1.82) is 0 Å². The first-order valence-corrected chi connectivity index (χ1v) is 5.14. The molecule has 1 rings (SSSR count). The Balaban J connectivity index is 2.36. The molecule has 0 radical (unpaired) electrons. The minimum absolute atomic E-state index is 0.0603. The predicted octanol–water partition coefficient (Wildman–Crippen LogP) is -0.397. The predicted molar refractivity (Wildman–Crippen MR) is 54.9 cm³/mol. The largest absolute Gasteiger partial charge is 0.469 e. The fourth-order valence-electron chi connectivity index (χ4n) is 1.89. The smallest absolute Gasteiger partial charge is 0.309 e. The van der Waals surface area contributed by atoms with Crippen LogP contribution in [-0.2, 0) is 14.3 Å². The number of esters is 1. The first kappa shape index (κ1) is 12.0. The Hall–Kier alpha value is -1.10. The number of likely N-dealkylation sites (tertiary alicyclic amines) is 1. The third kappa shape index (κ3) is 3.20. The van der Waals surface area contributed by atoms with Gasteiger partial charge in [0.1, 0.15) is 0 Å². The number of nitrogens with zero attached hydrogens (tertiary/aromatic N) is 1. The van der Waals surface area contributed by atoms with E-state index >= 15 is 0 Å². The van der Waals surface area contributed by atoms with Crippen molar-refractivity contribution in [1.82, 2.24) is 4.90 Å². The molecule has 0 spiro atoms. The Bertz CT molecular complexity index is 255. The molecule has 2 unspecified atom stereocenters. The summed E-state index contributed by atoms with van der Waals surface area (Å²) in [6.45, 7) is 3.95. The van der Waals surface area contributed by atoms with Gasteiger partial charge in [-0.15, -0.1) is 0 Å². The summed E-state index contributed by atoms with van der Waals surface area (Å²) in [6.07, 6.45) is 0.795. The number of ether oxygens (including phenoxy) is 1. The molecule has 15 heavy (non-hydrogen) atoms. The van der Waals surface area contributed by atoms with Crippen LogP contribution in [0.5, 0.6) is 0 Å². The van der Waals surface area contributed by atoms with Crippen LogP contribution in [0, 0.1) is 11.8 Å². The lowest BCUT2D eigenvalue weighted by molar-refractivity contribution is -0.145. The quantitative estimate of drug-likeness (QED) is 0.646. The molecule has 5 heteroatoms. The average molecular weight is 214 g/mol. The van der Waals surface area contributed by atoms with Crippen LogP contribution >= 0.6 is 0 Å². The fourth-order valence-corrected chi connectivity index (χ4v) is 1.89. The van der Waals surface area contributed by atoms with E-state index in [9.17, 15) is 9.59 Å². The van der Waals surface area contributed by atoms with Gasteiger partial charge in [0.15, 0.2) is 0 Å². The SMILES string of the molecule is COC(=O)C(C)CN1CCC(C(N)=O)C1. The topological polar surface area (TPSA) is 72.6 Å². The zero-order valence-electron chi connectivity index (χ0n) is 9.23. The first-order chi connectivity index (χ1) is 7.04. The summed E-state index contributed by atoms with van der Waals surface area (Å²) in [5.74, 6) is -0.669. The van der Waals surface area contributed by atoms with E-state index in [1.165, 1.54) is 7.11 Å². The Kier molecular flexibility index (Phi) is 4.08. The van der Waals surface area contributed by atoms with Crippen molar-refractivity contribution in [2.75, 3.05) is 26.7 Å². The molecule has 0 bridgehead atoms. The molecule has 1 heterocycles. The number of primary amides is 1. The van der Waals surface area contributed by atoms with E-state index in [1.807, 2.05) is 6.92 Å². The molecule has 1 aliphatic rings. The van der Waals surface area contributed by atoms with Gasteiger partial charge in [-0.1, -0.05) is 6.92 Å². The van der Waals surface area contributed by atoms with Crippen molar-refractivity contribution < 1.29 is 14.3 Å². The molecule has 0 aromatic heterocycles. The molecule has 1 saturated heterocycles. The maximum atomic E-state index is 11.2. The Labute approximate surface area is 89.6 Å². The van der Waals surface area contributed by atoms with Gasteiger partial charge in [-0.2, -0.15) is 0 Å². The van der Waals surface area contributed by atoms with Crippen molar-refractivity contribution in [3.05, 3.63) is 0 Å². The number of methoxy groups -OCH3 is 1. The molecule has 2 atom stereocenters. The van der Waals surface area contributed by atoms with Crippen molar-refractivity contribution in [2.24, 2.45) is 17.6 Å². The molecule has 1 fully saturated rings. The first-order valence-electron chi connectivity index (χ1n) is 5.14. The second kappa shape index (κ2) is 5.11. The van der Waals surface area contributed by atoms with Crippen molar-refractivity contribution in [2.45, 2.75) is 13.3 Å². The third-order valence-electron chi connectivity index (χ3n) is 2.81. The summed E-state index contributed by atoms with van der Waals surface area (Å²) in [4.78, 5) is 24.2. The summed E-state index contributed by atoms with van der Waals surface area (Å²) in [7, 11) is 1.38. The molecule has 0 saturated carbocycles. The number of hydrogen-bond acceptors (Lipinski definition) is 4. The highest BCUT2D eigenvalue weighted by Crippen LogP contribution is 2.17. The third-order valence-corrected chi connectivity index (χ3v) is 2.81. The van der Waals surface area contributed by atoms with Gasteiger partial charge in [-0.25, -0.2) is 0 Å². The van der Waals surface area contributed by atoms with Crippen molar-refractivity contribution in [3.8, 4) is 0 Å². The number of rotatable bonds is 4. The van der Waals surface area contributed by atoms with Crippen LogP contribution in [0.25, 0.3) is 0 Å². The summed E-state index contributed by atoms with van der Waals surface area (Å²) in [5.41, 5.74) is 5.22. The van der Waals surface area contributed by atoms with Crippen LogP contribution in [-0.4, -0.2) is 43.5 Å². The van der Waals surface area contributed by atoms with E-state index in [-0.39, 0.29) is 23.7 Å². The van der Waals surface area contributed by atoms with E-state index < -0.39 is 0 Å². The normalized spacial score (nSPS) is 23.7. The van der Waals surface area contributed by atoms with Gasteiger partial charge >= 0.3 is 5.97 Å². The zero-order chi connectivity index (χ0) is 11.4. The van der Waals surface area contributed by atoms with Crippen molar-refractivity contribution in [3.63, 3.8) is 0 Å². The second-order valence-electron chi connectivity index (χ2n) is 4.07. The minimum atomic E-state index is -0.247. The molecule has 86 valence electrons. The van der Waals surface area contributed by atoms with Gasteiger partial charge in [-0.05, 0) is 13.0 Å². The average Bonchev–Trinajstić information content (AvgIpc) is 2.65.